The van der Waals surface area contributed by atoms with Gasteiger partial charge in [-0.1, -0.05) is 42.8 Å². The number of ether oxygens (including phenoxy) is 1. The summed E-state index contributed by atoms with van der Waals surface area (Å²) in [6.07, 6.45) is 3.64. The number of carbonyl (C=O) groups excluding carboxylic acids is 2. The summed E-state index contributed by atoms with van der Waals surface area (Å²) in [5.74, 6) is -0.503. The molecule has 2 aliphatic rings. The van der Waals surface area contributed by atoms with Crippen molar-refractivity contribution in [2.45, 2.75) is 49.3 Å². The van der Waals surface area contributed by atoms with Crippen molar-refractivity contribution in [1.82, 2.24) is 9.21 Å². The van der Waals surface area contributed by atoms with Gasteiger partial charge in [0.1, 0.15) is 0 Å². The highest BCUT2D eigenvalue weighted by molar-refractivity contribution is 7.89. The highest BCUT2D eigenvalue weighted by atomic mass is 32.2. The van der Waals surface area contributed by atoms with Crippen LogP contribution in [-0.2, 0) is 25.0 Å². The van der Waals surface area contributed by atoms with E-state index in [1.165, 1.54) is 17.5 Å². The molecule has 2 fully saturated rings. The number of rotatable bonds is 5. The van der Waals surface area contributed by atoms with Gasteiger partial charge in [-0.15, -0.1) is 0 Å². The lowest BCUT2D eigenvalue weighted by Crippen LogP contribution is -2.49. The van der Waals surface area contributed by atoms with Gasteiger partial charge in [0, 0.05) is 31.7 Å². The number of likely N-dealkylation sites (tertiary alicyclic amines) is 1. The maximum Gasteiger partial charge on any atom is 0.316 e. The molecule has 34 heavy (non-hydrogen) atoms. The Labute approximate surface area is 201 Å². The lowest BCUT2D eigenvalue weighted by molar-refractivity contribution is -0.149. The van der Waals surface area contributed by atoms with Crippen LogP contribution in [0, 0.1) is 6.92 Å². The van der Waals surface area contributed by atoms with E-state index in [9.17, 15) is 18.0 Å². The monoisotopic (exact) mass is 484 g/mol. The minimum Gasteiger partial charge on any atom is -0.468 e. The average Bonchev–Trinajstić information content (AvgIpc) is 2.89. The first-order chi connectivity index (χ1) is 16.3. The normalized spacial score (nSPS) is 18.9. The van der Waals surface area contributed by atoms with Gasteiger partial charge in [0.25, 0.3) is 5.91 Å². The number of methoxy groups -OCH3 is 1. The van der Waals surface area contributed by atoms with Gasteiger partial charge < -0.3 is 9.64 Å². The molecule has 0 aliphatic carbocycles. The van der Waals surface area contributed by atoms with Crippen LogP contribution in [0.2, 0.25) is 0 Å². The number of aryl methyl sites for hydroxylation is 1. The van der Waals surface area contributed by atoms with Gasteiger partial charge in [-0.3, -0.25) is 9.59 Å². The van der Waals surface area contributed by atoms with Crippen molar-refractivity contribution in [1.29, 1.82) is 0 Å². The second-order valence-electron chi connectivity index (χ2n) is 9.17. The van der Waals surface area contributed by atoms with E-state index >= 15 is 0 Å². The molecular weight excluding hydrogens is 452 g/mol. The van der Waals surface area contributed by atoms with E-state index in [2.05, 4.69) is 0 Å². The second kappa shape index (κ2) is 9.88. The molecule has 8 heteroatoms. The Hall–Kier alpha value is -2.71. The maximum atomic E-state index is 13.5. The summed E-state index contributed by atoms with van der Waals surface area (Å²) in [6, 6.07) is 14.4. The number of amides is 1. The minimum atomic E-state index is -3.63. The Balaban J connectivity index is 1.56. The summed E-state index contributed by atoms with van der Waals surface area (Å²) in [6.45, 7) is 3.61. The molecule has 0 spiro atoms. The Kier molecular flexibility index (Phi) is 7.09. The molecule has 7 nitrogen and oxygen atoms in total. The average molecular weight is 485 g/mol. The fourth-order valence-electron chi connectivity index (χ4n) is 5.07. The summed E-state index contributed by atoms with van der Waals surface area (Å²) < 4.78 is 33.0. The number of benzene rings is 2. The number of carbonyl (C=O) groups is 2. The summed E-state index contributed by atoms with van der Waals surface area (Å²) in [5.41, 5.74) is 1.22. The van der Waals surface area contributed by atoms with Gasteiger partial charge in [0.2, 0.25) is 10.0 Å². The van der Waals surface area contributed by atoms with Gasteiger partial charge >= 0.3 is 5.97 Å². The molecule has 0 N–H and O–H groups in total. The van der Waals surface area contributed by atoms with Gasteiger partial charge in [-0.2, -0.15) is 4.31 Å². The first-order valence-corrected chi connectivity index (χ1v) is 13.3. The van der Waals surface area contributed by atoms with Crippen LogP contribution in [0.1, 0.15) is 53.6 Å². The van der Waals surface area contributed by atoms with Crippen molar-refractivity contribution >= 4 is 21.9 Å². The molecule has 182 valence electrons. The van der Waals surface area contributed by atoms with Crippen molar-refractivity contribution in [2.75, 3.05) is 33.3 Å². The molecule has 0 bridgehead atoms. The molecular formula is C26H32N2O5S. The molecule has 2 heterocycles. The van der Waals surface area contributed by atoms with E-state index < -0.39 is 15.4 Å². The van der Waals surface area contributed by atoms with Crippen LogP contribution >= 0.6 is 0 Å². The standard InChI is InChI=1S/C26H32N2O5S/c1-20-11-12-22(34(31,32)28-15-7-4-8-16-28)19-23(20)24(29)27-17-13-26(14-18-27,25(30)33-2)21-9-5-3-6-10-21/h3,5-6,9-12,19H,4,7-8,13-18H2,1-2H3. The zero-order valence-corrected chi connectivity index (χ0v) is 20.6. The van der Waals surface area contributed by atoms with Gasteiger partial charge in [-0.05, 0) is 55.9 Å². The number of hydrogen-bond acceptors (Lipinski definition) is 5. The molecule has 0 aromatic heterocycles. The minimum absolute atomic E-state index is 0.161. The number of hydrogen-bond donors (Lipinski definition) is 0. The predicted octanol–water partition coefficient (Wildman–Crippen LogP) is 3.52. The fourth-order valence-corrected chi connectivity index (χ4v) is 6.62. The second-order valence-corrected chi connectivity index (χ2v) is 11.1. The molecule has 2 aromatic rings. The highest BCUT2D eigenvalue weighted by Gasteiger charge is 2.45. The maximum absolute atomic E-state index is 13.5. The van der Waals surface area contributed by atoms with Crippen LogP contribution in [0.3, 0.4) is 0 Å². The summed E-state index contributed by atoms with van der Waals surface area (Å²) >= 11 is 0. The summed E-state index contributed by atoms with van der Waals surface area (Å²) in [7, 11) is -2.24. The Morgan fingerprint density at radius 3 is 2.18 bits per heavy atom. The predicted molar refractivity (Wildman–Crippen MR) is 129 cm³/mol. The number of nitrogens with zero attached hydrogens (tertiary/aromatic N) is 2. The smallest absolute Gasteiger partial charge is 0.316 e. The first kappa shape index (κ1) is 24.4. The number of esters is 1. The van der Waals surface area contributed by atoms with Crippen molar-refractivity contribution in [3.05, 3.63) is 65.2 Å². The van der Waals surface area contributed by atoms with Gasteiger partial charge in [0.05, 0.1) is 17.4 Å². The zero-order valence-electron chi connectivity index (χ0n) is 19.8. The topological polar surface area (TPSA) is 84.0 Å². The van der Waals surface area contributed by atoms with Crippen LogP contribution in [0.25, 0.3) is 0 Å². The molecule has 4 rings (SSSR count). The van der Waals surface area contributed by atoms with Crippen LogP contribution in [0.4, 0.5) is 0 Å². The van der Waals surface area contributed by atoms with E-state index in [1.807, 2.05) is 37.3 Å². The van der Waals surface area contributed by atoms with E-state index in [0.717, 1.165) is 30.4 Å². The van der Waals surface area contributed by atoms with Gasteiger partial charge in [0.15, 0.2) is 0 Å². The first-order valence-electron chi connectivity index (χ1n) is 11.8. The van der Waals surface area contributed by atoms with E-state index in [-0.39, 0.29) is 16.8 Å². The quantitative estimate of drug-likeness (QED) is 0.607. The van der Waals surface area contributed by atoms with Crippen molar-refractivity contribution in [2.24, 2.45) is 0 Å². The van der Waals surface area contributed by atoms with E-state index in [1.54, 1.807) is 17.0 Å². The summed E-state index contributed by atoms with van der Waals surface area (Å²) in [4.78, 5) is 28.1. The van der Waals surface area contributed by atoms with Crippen molar-refractivity contribution < 1.29 is 22.7 Å². The molecule has 0 unspecified atom stereocenters. The molecule has 0 atom stereocenters. The molecule has 2 aromatic carbocycles. The van der Waals surface area contributed by atoms with E-state index in [0.29, 0.717) is 44.6 Å². The SMILES string of the molecule is COC(=O)C1(c2ccccc2)CCN(C(=O)c2cc(S(=O)(=O)N3CCCCC3)ccc2C)CC1. The Morgan fingerprint density at radius 2 is 1.56 bits per heavy atom. The lowest BCUT2D eigenvalue weighted by atomic mass is 9.72. The van der Waals surface area contributed by atoms with Crippen molar-refractivity contribution in [3.8, 4) is 0 Å². The van der Waals surface area contributed by atoms with Crippen LogP contribution in [0.5, 0.6) is 0 Å². The van der Waals surface area contributed by atoms with Crippen molar-refractivity contribution in [3.63, 3.8) is 0 Å². The fraction of sp³-hybridized carbons (Fsp3) is 0.462. The third-order valence-corrected chi connectivity index (χ3v) is 9.09. The van der Waals surface area contributed by atoms with Crippen LogP contribution in [0.15, 0.2) is 53.4 Å². The summed E-state index contributed by atoms with van der Waals surface area (Å²) in [5, 5.41) is 0. The molecule has 2 aliphatic heterocycles. The lowest BCUT2D eigenvalue weighted by Gasteiger charge is -2.40. The van der Waals surface area contributed by atoms with E-state index in [4.69, 9.17) is 4.74 Å². The Morgan fingerprint density at radius 1 is 0.912 bits per heavy atom. The van der Waals surface area contributed by atoms with Crippen LogP contribution < -0.4 is 0 Å². The molecule has 0 saturated carbocycles. The Bertz CT molecular complexity index is 1150. The number of piperidine rings is 2. The molecule has 0 radical (unpaired) electrons. The largest absolute Gasteiger partial charge is 0.468 e. The number of sulfonamides is 1. The third-order valence-electron chi connectivity index (χ3n) is 7.20. The third kappa shape index (κ3) is 4.49. The zero-order chi connectivity index (χ0) is 24.3. The van der Waals surface area contributed by atoms with Gasteiger partial charge in [-0.25, -0.2) is 8.42 Å². The van der Waals surface area contributed by atoms with Crippen LogP contribution in [-0.4, -0.2) is 62.8 Å². The highest BCUT2D eigenvalue weighted by Crippen LogP contribution is 2.37. The molecule has 1 amide bonds. The molecule has 2 saturated heterocycles.